The molecule has 0 aromatic carbocycles. The van der Waals surface area contributed by atoms with E-state index in [9.17, 15) is 0 Å². The molecule has 0 radical (unpaired) electrons. The number of hydrogen-bond donors (Lipinski definition) is 0. The minimum absolute atomic E-state index is 0.495. The molecule has 3 rings (SSSR count). The van der Waals surface area contributed by atoms with Gasteiger partial charge in [0.25, 0.3) is 0 Å². The Labute approximate surface area is 140 Å². The zero-order valence-electron chi connectivity index (χ0n) is 14.5. The third-order valence-corrected chi connectivity index (χ3v) is 5.47. The topological polar surface area (TPSA) is 41.5 Å². The molecule has 0 saturated carbocycles. The van der Waals surface area contributed by atoms with Crippen molar-refractivity contribution in [3.63, 3.8) is 0 Å². The third kappa shape index (κ3) is 4.42. The van der Waals surface area contributed by atoms with Crippen LogP contribution in [0.2, 0.25) is 0 Å². The average molecular weight is 318 g/mol. The van der Waals surface area contributed by atoms with Crippen LogP contribution in [-0.2, 0) is 4.74 Å². The molecule has 0 unspecified atom stereocenters. The van der Waals surface area contributed by atoms with E-state index in [-0.39, 0.29) is 0 Å². The molecule has 5 nitrogen and oxygen atoms in total. The highest BCUT2D eigenvalue weighted by atomic mass is 16.5. The fraction of sp³-hybridized carbons (Fsp3) is 0.778. The molecule has 2 atom stereocenters. The molecule has 2 aliphatic heterocycles. The first-order chi connectivity index (χ1) is 11.3. The maximum Gasteiger partial charge on any atom is 0.151 e. The van der Waals surface area contributed by atoms with Gasteiger partial charge in [0.05, 0.1) is 6.10 Å². The number of ether oxygens (including phenoxy) is 1. The predicted molar refractivity (Wildman–Crippen MR) is 92.7 cm³/mol. The Bertz CT molecular complexity index is 461. The smallest absolute Gasteiger partial charge is 0.151 e. The summed E-state index contributed by atoms with van der Waals surface area (Å²) in [5.74, 6) is 1.81. The highest BCUT2D eigenvalue weighted by molar-refractivity contribution is 5.36. The van der Waals surface area contributed by atoms with Crippen LogP contribution < -0.4 is 4.90 Å². The van der Waals surface area contributed by atoms with Gasteiger partial charge in [0.1, 0.15) is 0 Å². The monoisotopic (exact) mass is 318 g/mol. The molecule has 0 N–H and O–H groups in total. The second kappa shape index (κ2) is 8.06. The highest BCUT2D eigenvalue weighted by Gasteiger charge is 2.27. The number of anilines is 1. The minimum atomic E-state index is 0.495. The van der Waals surface area contributed by atoms with E-state index < -0.39 is 0 Å². The molecule has 2 fully saturated rings. The van der Waals surface area contributed by atoms with Crippen LogP contribution in [0.3, 0.4) is 0 Å². The number of rotatable bonds is 5. The molecular weight excluding hydrogens is 288 g/mol. The van der Waals surface area contributed by atoms with E-state index in [0.717, 1.165) is 24.8 Å². The van der Waals surface area contributed by atoms with Crippen molar-refractivity contribution < 1.29 is 4.74 Å². The molecule has 128 valence electrons. The lowest BCUT2D eigenvalue weighted by atomic mass is 9.92. The first-order valence-electron chi connectivity index (χ1n) is 9.10. The fourth-order valence-electron chi connectivity index (χ4n) is 3.93. The van der Waals surface area contributed by atoms with Crippen molar-refractivity contribution in [2.24, 2.45) is 5.92 Å². The zero-order valence-corrected chi connectivity index (χ0v) is 14.5. The van der Waals surface area contributed by atoms with E-state index in [0.29, 0.717) is 12.1 Å². The summed E-state index contributed by atoms with van der Waals surface area (Å²) in [6, 6.07) is 4.59. The molecule has 0 aliphatic carbocycles. The van der Waals surface area contributed by atoms with Crippen LogP contribution in [0.5, 0.6) is 0 Å². The number of hydrogen-bond acceptors (Lipinski definition) is 5. The normalized spacial score (nSPS) is 27.0. The number of likely N-dealkylation sites (tertiary alicyclic amines) is 1. The first-order valence-corrected chi connectivity index (χ1v) is 9.10. The van der Waals surface area contributed by atoms with Gasteiger partial charge in [-0.3, -0.25) is 0 Å². The Morgan fingerprint density at radius 3 is 2.83 bits per heavy atom. The van der Waals surface area contributed by atoms with Crippen LogP contribution in [0, 0.1) is 5.92 Å². The van der Waals surface area contributed by atoms with Gasteiger partial charge in [0.15, 0.2) is 5.82 Å². The standard InChI is InChI=1S/C18H30N4O/c1-3-17-13-15(8-12-23-17)14-22-10-6-16(7-11-22)21(2)18-5-4-9-19-20-18/h4-5,9,15-17H,3,6-8,10-14H2,1-2H3/t15-,17+/m0/s1. The lowest BCUT2D eigenvalue weighted by Gasteiger charge is -2.39. The van der Waals surface area contributed by atoms with E-state index in [2.05, 4.69) is 34.0 Å². The summed E-state index contributed by atoms with van der Waals surface area (Å²) in [7, 11) is 2.15. The van der Waals surface area contributed by atoms with Gasteiger partial charge >= 0.3 is 0 Å². The Morgan fingerprint density at radius 2 is 2.13 bits per heavy atom. The van der Waals surface area contributed by atoms with Gasteiger partial charge in [0.2, 0.25) is 0 Å². The largest absolute Gasteiger partial charge is 0.378 e. The summed E-state index contributed by atoms with van der Waals surface area (Å²) < 4.78 is 5.81. The van der Waals surface area contributed by atoms with Crippen LogP contribution in [0.1, 0.15) is 39.0 Å². The number of aromatic nitrogens is 2. The van der Waals surface area contributed by atoms with Crippen LogP contribution in [0.15, 0.2) is 18.3 Å². The van der Waals surface area contributed by atoms with Gasteiger partial charge < -0.3 is 14.5 Å². The van der Waals surface area contributed by atoms with Crippen LogP contribution in [0.25, 0.3) is 0 Å². The lowest BCUT2D eigenvalue weighted by Crippen LogP contribution is -2.45. The molecular formula is C18H30N4O. The van der Waals surface area contributed by atoms with Gasteiger partial charge in [0, 0.05) is 45.5 Å². The number of piperidine rings is 1. The van der Waals surface area contributed by atoms with Crippen LogP contribution in [0.4, 0.5) is 5.82 Å². The summed E-state index contributed by atoms with van der Waals surface area (Å²) >= 11 is 0. The molecule has 1 aromatic heterocycles. The highest BCUT2D eigenvalue weighted by Crippen LogP contribution is 2.25. The van der Waals surface area contributed by atoms with Gasteiger partial charge in [-0.25, -0.2) is 0 Å². The summed E-state index contributed by atoms with van der Waals surface area (Å²) in [6.45, 7) is 6.84. The van der Waals surface area contributed by atoms with Gasteiger partial charge in [-0.2, -0.15) is 5.10 Å². The predicted octanol–water partition coefficient (Wildman–Crippen LogP) is 2.58. The first kappa shape index (κ1) is 16.7. The van der Waals surface area contributed by atoms with Gasteiger partial charge in [-0.15, -0.1) is 5.10 Å². The van der Waals surface area contributed by atoms with E-state index >= 15 is 0 Å². The van der Waals surface area contributed by atoms with E-state index in [1.165, 1.54) is 45.3 Å². The molecule has 1 aromatic rings. The summed E-state index contributed by atoms with van der Waals surface area (Å²) in [4.78, 5) is 4.95. The SMILES string of the molecule is CC[C@@H]1C[C@@H](CN2CCC(N(C)c3cccnn3)CC2)CCO1. The van der Waals surface area contributed by atoms with Crippen molar-refractivity contribution in [1.29, 1.82) is 0 Å². The quantitative estimate of drug-likeness (QED) is 0.835. The Hall–Kier alpha value is -1.20. The number of nitrogens with zero attached hydrogens (tertiary/aromatic N) is 4. The van der Waals surface area contributed by atoms with E-state index in [4.69, 9.17) is 4.74 Å². The molecule has 0 bridgehead atoms. The van der Waals surface area contributed by atoms with Crippen LogP contribution >= 0.6 is 0 Å². The van der Waals surface area contributed by atoms with Crippen molar-refractivity contribution in [3.8, 4) is 0 Å². The fourth-order valence-corrected chi connectivity index (χ4v) is 3.93. The van der Waals surface area contributed by atoms with Gasteiger partial charge in [-0.05, 0) is 50.2 Å². The van der Waals surface area contributed by atoms with Crippen molar-refractivity contribution >= 4 is 5.82 Å². The maximum absolute atomic E-state index is 5.81. The van der Waals surface area contributed by atoms with Crippen molar-refractivity contribution in [1.82, 2.24) is 15.1 Å². The second-order valence-electron chi connectivity index (χ2n) is 7.02. The van der Waals surface area contributed by atoms with E-state index in [1.54, 1.807) is 6.20 Å². The van der Waals surface area contributed by atoms with Gasteiger partial charge in [-0.1, -0.05) is 6.92 Å². The average Bonchev–Trinajstić information content (AvgIpc) is 2.63. The third-order valence-electron chi connectivity index (χ3n) is 5.47. The molecule has 2 saturated heterocycles. The molecule has 0 spiro atoms. The Kier molecular flexibility index (Phi) is 5.84. The van der Waals surface area contributed by atoms with Crippen molar-refractivity contribution in [3.05, 3.63) is 18.3 Å². The Balaban J connectivity index is 1.45. The lowest BCUT2D eigenvalue weighted by molar-refractivity contribution is -0.0190. The second-order valence-corrected chi connectivity index (χ2v) is 7.02. The minimum Gasteiger partial charge on any atom is -0.378 e. The van der Waals surface area contributed by atoms with Crippen LogP contribution in [-0.4, -0.2) is 60.5 Å². The summed E-state index contributed by atoms with van der Waals surface area (Å²) in [5.41, 5.74) is 0. The molecule has 5 heteroatoms. The molecule has 2 aliphatic rings. The zero-order chi connectivity index (χ0) is 16.1. The van der Waals surface area contributed by atoms with Crippen molar-refractivity contribution in [2.75, 3.05) is 38.2 Å². The maximum atomic E-state index is 5.81. The summed E-state index contributed by atoms with van der Waals surface area (Å²) in [6.07, 6.45) is 8.29. The van der Waals surface area contributed by atoms with Crippen molar-refractivity contribution in [2.45, 2.75) is 51.2 Å². The summed E-state index contributed by atoms with van der Waals surface area (Å²) in [5, 5.41) is 8.23. The molecule has 3 heterocycles. The Morgan fingerprint density at radius 1 is 1.30 bits per heavy atom. The van der Waals surface area contributed by atoms with E-state index in [1.807, 2.05) is 12.1 Å². The molecule has 0 amide bonds. The molecule has 23 heavy (non-hydrogen) atoms.